The van der Waals surface area contributed by atoms with Crippen LogP contribution in [0.15, 0.2) is 0 Å². The number of nitrogens with one attached hydrogen (secondary N) is 2. The van der Waals surface area contributed by atoms with Gasteiger partial charge in [0.1, 0.15) is 12.3 Å². The monoisotopic (exact) mass is 629 g/mol. The molecule has 0 aromatic carbocycles. The van der Waals surface area contributed by atoms with Crippen molar-refractivity contribution in [3.05, 3.63) is 0 Å². The van der Waals surface area contributed by atoms with Crippen LogP contribution in [0.1, 0.15) is 85.5 Å². The van der Waals surface area contributed by atoms with Gasteiger partial charge >= 0.3 is 0 Å². The molecule has 2 aliphatic rings. The number of hydrazine groups is 1. The Kier molecular flexibility index (Phi) is 15.5. The van der Waals surface area contributed by atoms with Gasteiger partial charge in [-0.25, -0.2) is 13.8 Å². The molecule has 0 aliphatic heterocycles. The Balaban J connectivity index is 2.28. The minimum Gasteiger partial charge on any atom is -0.390 e. The average molecular weight is 630 g/mol. The van der Waals surface area contributed by atoms with Crippen LogP contribution in [0, 0.1) is 29.6 Å². The van der Waals surface area contributed by atoms with Gasteiger partial charge in [0.25, 0.3) is 0 Å². The van der Waals surface area contributed by atoms with Crippen molar-refractivity contribution < 1.29 is 33.1 Å². The van der Waals surface area contributed by atoms with Gasteiger partial charge in [-0.2, -0.15) is 0 Å². The normalized spacial score (nSPS) is 27.0. The van der Waals surface area contributed by atoms with Gasteiger partial charge in [0.05, 0.1) is 12.1 Å². The second-order valence-electron chi connectivity index (χ2n) is 13.6. The van der Waals surface area contributed by atoms with E-state index in [1.165, 1.54) is 9.91 Å². The third-order valence-electron chi connectivity index (χ3n) is 8.87. The summed E-state index contributed by atoms with van der Waals surface area (Å²) in [4.78, 5) is 56.0. The number of rotatable bonds is 15. The molecule has 0 aromatic rings. The lowest BCUT2D eigenvalue weighted by Gasteiger charge is -2.38. The largest absolute Gasteiger partial charge is 0.390 e. The fourth-order valence-corrected chi connectivity index (χ4v) is 6.66. The first-order valence-electron chi connectivity index (χ1n) is 16.4. The summed E-state index contributed by atoms with van der Waals surface area (Å²) in [6, 6.07) is -0.848. The van der Waals surface area contributed by atoms with E-state index in [0.717, 1.165) is 12.8 Å². The standard InChI is InChI=1S/C32H57F2N5O5/c1-8-10-39(11-9-2)32(44)24-16-22(15-23(17-24)31(43)37(5)6)30(42)35-27(14-21-12-25(33)18-26(34)13-21)28(40)19-38(7)36-29(41)20(3)4/h20-28,40H,8-19H2,1-7H3,(H,35,42)(H,36,41). The van der Waals surface area contributed by atoms with Crippen LogP contribution in [0.5, 0.6) is 0 Å². The minimum atomic E-state index is -1.29. The summed E-state index contributed by atoms with van der Waals surface area (Å²) in [5.41, 5.74) is 2.70. The predicted molar refractivity (Wildman–Crippen MR) is 165 cm³/mol. The summed E-state index contributed by atoms with van der Waals surface area (Å²) in [7, 11) is 4.92. The maximum Gasteiger partial charge on any atom is 0.236 e. The molecule has 44 heavy (non-hydrogen) atoms. The fourth-order valence-electron chi connectivity index (χ4n) is 6.66. The zero-order valence-electron chi connectivity index (χ0n) is 27.9. The third kappa shape index (κ3) is 11.5. The third-order valence-corrected chi connectivity index (χ3v) is 8.87. The Bertz CT molecular complexity index is 938. The predicted octanol–water partition coefficient (Wildman–Crippen LogP) is 3.09. The lowest BCUT2D eigenvalue weighted by molar-refractivity contribution is -0.143. The number of hydrogen-bond acceptors (Lipinski definition) is 6. The lowest BCUT2D eigenvalue weighted by atomic mass is 9.73. The lowest BCUT2D eigenvalue weighted by Crippen LogP contribution is -2.54. The van der Waals surface area contributed by atoms with Crippen LogP contribution < -0.4 is 10.7 Å². The second kappa shape index (κ2) is 18.0. The number of likely N-dealkylation sites (N-methyl/N-ethyl adjacent to an activating group) is 1. The molecule has 0 bridgehead atoms. The van der Waals surface area contributed by atoms with Crippen molar-refractivity contribution >= 4 is 23.6 Å². The van der Waals surface area contributed by atoms with E-state index in [2.05, 4.69) is 10.7 Å². The summed E-state index contributed by atoms with van der Waals surface area (Å²) in [6.07, 6.45) is -0.916. The van der Waals surface area contributed by atoms with Gasteiger partial charge in [-0.15, -0.1) is 0 Å². The molecule has 10 nitrogen and oxygen atoms in total. The summed E-state index contributed by atoms with van der Waals surface area (Å²) in [6.45, 7) is 8.68. The van der Waals surface area contributed by atoms with Crippen LogP contribution in [0.25, 0.3) is 0 Å². The minimum absolute atomic E-state index is 0.0231. The number of aliphatic hydroxyl groups excluding tert-OH is 1. The summed E-state index contributed by atoms with van der Waals surface area (Å²) in [5, 5.41) is 15.7. The van der Waals surface area contributed by atoms with E-state index in [4.69, 9.17) is 0 Å². The summed E-state index contributed by atoms with van der Waals surface area (Å²) < 4.78 is 28.6. The molecule has 0 spiro atoms. The van der Waals surface area contributed by atoms with E-state index in [9.17, 15) is 33.1 Å². The number of halogens is 2. The number of hydrogen-bond donors (Lipinski definition) is 3. The van der Waals surface area contributed by atoms with Crippen molar-refractivity contribution in [3.63, 3.8) is 0 Å². The Morgan fingerprint density at radius 3 is 1.84 bits per heavy atom. The van der Waals surface area contributed by atoms with Gasteiger partial charge in [-0.05, 0) is 57.3 Å². The van der Waals surface area contributed by atoms with Gasteiger partial charge in [-0.1, -0.05) is 27.7 Å². The molecule has 2 rings (SSSR count). The SMILES string of the molecule is CCCN(CCC)C(=O)C1CC(C(=O)NC(CC2CC(F)CC(F)C2)C(O)CN(C)NC(=O)C(C)C)CC(C(=O)N(C)C)C1. The smallest absolute Gasteiger partial charge is 0.236 e. The Morgan fingerprint density at radius 2 is 1.34 bits per heavy atom. The zero-order chi connectivity index (χ0) is 33.1. The van der Waals surface area contributed by atoms with Crippen LogP contribution in [0.2, 0.25) is 0 Å². The molecule has 0 heterocycles. The number of aliphatic hydroxyl groups is 1. The van der Waals surface area contributed by atoms with Crippen molar-refractivity contribution in [2.75, 3.05) is 40.8 Å². The van der Waals surface area contributed by atoms with E-state index in [1.807, 2.05) is 18.7 Å². The fraction of sp³-hybridized carbons (Fsp3) is 0.875. The van der Waals surface area contributed by atoms with E-state index in [1.54, 1.807) is 35.0 Å². The molecule has 4 amide bonds. The van der Waals surface area contributed by atoms with E-state index < -0.39 is 42.2 Å². The van der Waals surface area contributed by atoms with Crippen molar-refractivity contribution in [1.29, 1.82) is 0 Å². The van der Waals surface area contributed by atoms with Crippen molar-refractivity contribution in [2.24, 2.45) is 29.6 Å². The van der Waals surface area contributed by atoms with Crippen molar-refractivity contribution in [3.8, 4) is 0 Å². The highest BCUT2D eigenvalue weighted by Gasteiger charge is 2.42. The van der Waals surface area contributed by atoms with Crippen LogP contribution in [0.3, 0.4) is 0 Å². The molecule has 2 fully saturated rings. The first-order chi connectivity index (χ1) is 20.7. The number of amides is 4. The number of nitrogens with zero attached hydrogens (tertiary/aromatic N) is 3. The molecule has 0 aromatic heterocycles. The molecular weight excluding hydrogens is 572 g/mol. The number of carbonyl (C=O) groups is 4. The van der Waals surface area contributed by atoms with E-state index in [0.29, 0.717) is 19.5 Å². The molecule has 2 aliphatic carbocycles. The highest BCUT2D eigenvalue weighted by Crippen LogP contribution is 2.37. The Labute approximate surface area is 262 Å². The first kappa shape index (κ1) is 37.8. The molecule has 7 atom stereocenters. The van der Waals surface area contributed by atoms with Gasteiger partial charge in [0.2, 0.25) is 23.6 Å². The first-order valence-corrected chi connectivity index (χ1v) is 16.4. The van der Waals surface area contributed by atoms with Gasteiger partial charge in [-0.3, -0.25) is 24.6 Å². The number of alkyl halides is 2. The van der Waals surface area contributed by atoms with Crippen LogP contribution in [0.4, 0.5) is 8.78 Å². The van der Waals surface area contributed by atoms with Crippen LogP contribution in [-0.4, -0.2) is 109 Å². The highest BCUT2D eigenvalue weighted by molar-refractivity contribution is 5.86. The Hall–Kier alpha value is -2.34. The quantitative estimate of drug-likeness (QED) is 0.240. The van der Waals surface area contributed by atoms with E-state index in [-0.39, 0.29) is 80.5 Å². The maximum absolute atomic E-state index is 14.3. The number of carbonyl (C=O) groups excluding carboxylic acids is 4. The molecule has 2 saturated carbocycles. The zero-order valence-corrected chi connectivity index (χ0v) is 27.9. The molecule has 3 N–H and O–H groups in total. The highest BCUT2D eigenvalue weighted by atomic mass is 19.1. The van der Waals surface area contributed by atoms with Crippen molar-refractivity contribution in [2.45, 2.75) is 110 Å². The molecule has 12 heteroatoms. The van der Waals surface area contributed by atoms with Gasteiger partial charge < -0.3 is 20.2 Å². The molecular formula is C32H57F2N5O5. The van der Waals surface area contributed by atoms with Crippen LogP contribution >= 0.6 is 0 Å². The maximum atomic E-state index is 14.3. The second-order valence-corrected chi connectivity index (χ2v) is 13.6. The van der Waals surface area contributed by atoms with Crippen molar-refractivity contribution in [1.82, 2.24) is 25.6 Å². The average Bonchev–Trinajstić information content (AvgIpc) is 2.94. The molecule has 254 valence electrons. The summed E-state index contributed by atoms with van der Waals surface area (Å²) >= 11 is 0. The molecule has 7 unspecified atom stereocenters. The van der Waals surface area contributed by atoms with E-state index >= 15 is 0 Å². The van der Waals surface area contributed by atoms with Gasteiger partial charge in [0, 0.05) is 70.9 Å². The van der Waals surface area contributed by atoms with Gasteiger partial charge in [0.15, 0.2) is 0 Å². The summed E-state index contributed by atoms with van der Waals surface area (Å²) in [5.74, 6) is -3.13. The molecule has 0 saturated heterocycles. The van der Waals surface area contributed by atoms with Crippen LogP contribution in [-0.2, 0) is 19.2 Å². The topological polar surface area (TPSA) is 122 Å². The molecule has 0 radical (unpaired) electrons. The Morgan fingerprint density at radius 1 is 0.818 bits per heavy atom.